The number of nitrogens with one attached hydrogen (secondary N) is 1. The van der Waals surface area contributed by atoms with Crippen LogP contribution in [0, 0.1) is 0 Å². The quantitative estimate of drug-likeness (QED) is 0.902. The van der Waals surface area contributed by atoms with Crippen LogP contribution in [0.4, 0.5) is 0 Å². The van der Waals surface area contributed by atoms with Gasteiger partial charge in [0.15, 0.2) is 0 Å². The summed E-state index contributed by atoms with van der Waals surface area (Å²) in [5.41, 5.74) is 2.84. The van der Waals surface area contributed by atoms with Crippen molar-refractivity contribution in [3.8, 4) is 0 Å². The maximum absolute atomic E-state index is 6.08. The Morgan fingerprint density at radius 2 is 2.10 bits per heavy atom. The number of hydrogen-bond acceptors (Lipinski definition) is 3. The molecular weight excluding hydrogens is 300 g/mol. The van der Waals surface area contributed by atoms with Crippen molar-refractivity contribution in [2.75, 3.05) is 20.6 Å². The molecule has 21 heavy (non-hydrogen) atoms. The summed E-state index contributed by atoms with van der Waals surface area (Å²) in [6, 6.07) is 11.6. The standard InChI is InChI=1S/C17H21ClN2S/c1-20(2)16(17-4-3-7-21-17)11-19-15-9-12-5-6-14(18)8-13(12)10-15/h3-8,15-16,19H,9-11H2,1-2H3. The zero-order chi connectivity index (χ0) is 14.8. The molecule has 0 fully saturated rings. The highest BCUT2D eigenvalue weighted by Gasteiger charge is 2.23. The molecule has 2 aromatic rings. The van der Waals surface area contributed by atoms with Crippen molar-refractivity contribution < 1.29 is 0 Å². The molecule has 1 aromatic heterocycles. The van der Waals surface area contributed by atoms with Crippen molar-refractivity contribution in [1.29, 1.82) is 0 Å². The van der Waals surface area contributed by atoms with Gasteiger partial charge in [-0.2, -0.15) is 0 Å². The second kappa shape index (κ2) is 6.49. The van der Waals surface area contributed by atoms with Crippen LogP contribution >= 0.6 is 22.9 Å². The van der Waals surface area contributed by atoms with E-state index in [4.69, 9.17) is 11.6 Å². The van der Waals surface area contributed by atoms with Gasteiger partial charge in [0, 0.05) is 22.5 Å². The van der Waals surface area contributed by atoms with E-state index in [9.17, 15) is 0 Å². The average molecular weight is 321 g/mol. The molecule has 2 atom stereocenters. The zero-order valence-electron chi connectivity index (χ0n) is 12.5. The van der Waals surface area contributed by atoms with E-state index >= 15 is 0 Å². The molecule has 1 N–H and O–H groups in total. The van der Waals surface area contributed by atoms with Gasteiger partial charge in [0.05, 0.1) is 6.04 Å². The van der Waals surface area contributed by atoms with E-state index in [1.54, 1.807) is 0 Å². The van der Waals surface area contributed by atoms with E-state index in [0.717, 1.165) is 24.4 Å². The van der Waals surface area contributed by atoms with Crippen molar-refractivity contribution >= 4 is 22.9 Å². The maximum Gasteiger partial charge on any atom is 0.0561 e. The first-order valence-corrected chi connectivity index (χ1v) is 8.60. The van der Waals surface area contributed by atoms with E-state index < -0.39 is 0 Å². The fourth-order valence-corrected chi connectivity index (χ4v) is 4.15. The van der Waals surface area contributed by atoms with Gasteiger partial charge in [-0.25, -0.2) is 0 Å². The summed E-state index contributed by atoms with van der Waals surface area (Å²) >= 11 is 7.91. The third kappa shape index (κ3) is 3.49. The minimum absolute atomic E-state index is 0.442. The van der Waals surface area contributed by atoms with Crippen molar-refractivity contribution in [3.05, 3.63) is 56.7 Å². The summed E-state index contributed by atoms with van der Waals surface area (Å²) in [6.45, 7) is 0.986. The van der Waals surface area contributed by atoms with Gasteiger partial charge in [0.25, 0.3) is 0 Å². The fraction of sp³-hybridized carbons (Fsp3) is 0.412. The predicted molar refractivity (Wildman–Crippen MR) is 91.4 cm³/mol. The highest BCUT2D eigenvalue weighted by atomic mass is 35.5. The Bertz CT molecular complexity index is 595. The van der Waals surface area contributed by atoms with Gasteiger partial charge in [-0.1, -0.05) is 23.7 Å². The summed E-state index contributed by atoms with van der Waals surface area (Å²) in [7, 11) is 4.30. The number of thiophene rings is 1. The van der Waals surface area contributed by atoms with Gasteiger partial charge in [-0.05, 0) is 61.6 Å². The van der Waals surface area contributed by atoms with Crippen LogP contribution in [-0.2, 0) is 12.8 Å². The number of hydrogen-bond donors (Lipinski definition) is 1. The van der Waals surface area contributed by atoms with Gasteiger partial charge in [0.2, 0.25) is 0 Å². The molecule has 1 heterocycles. The number of halogens is 1. The van der Waals surface area contributed by atoms with Crippen LogP contribution in [0.1, 0.15) is 22.0 Å². The molecule has 1 aromatic carbocycles. The molecule has 2 unspecified atom stereocenters. The molecule has 0 saturated heterocycles. The van der Waals surface area contributed by atoms with E-state index in [1.165, 1.54) is 16.0 Å². The summed E-state index contributed by atoms with van der Waals surface area (Å²) in [4.78, 5) is 3.71. The number of rotatable bonds is 5. The number of benzene rings is 1. The summed E-state index contributed by atoms with van der Waals surface area (Å²) < 4.78 is 0. The lowest BCUT2D eigenvalue weighted by atomic mass is 10.1. The van der Waals surface area contributed by atoms with Crippen LogP contribution < -0.4 is 5.32 Å². The van der Waals surface area contributed by atoms with Crippen molar-refractivity contribution in [2.24, 2.45) is 0 Å². The van der Waals surface area contributed by atoms with Crippen LogP contribution in [0.15, 0.2) is 35.7 Å². The van der Waals surface area contributed by atoms with Crippen molar-refractivity contribution in [3.63, 3.8) is 0 Å². The predicted octanol–water partition coefficient (Wildman–Crippen LogP) is 3.76. The molecule has 0 bridgehead atoms. The van der Waals surface area contributed by atoms with E-state index in [0.29, 0.717) is 12.1 Å². The molecule has 3 rings (SSSR count). The van der Waals surface area contributed by atoms with Gasteiger partial charge in [-0.15, -0.1) is 11.3 Å². The molecule has 1 aliphatic carbocycles. The fourth-order valence-electron chi connectivity index (χ4n) is 3.03. The second-order valence-corrected chi connectivity index (χ2v) is 7.34. The lowest BCUT2D eigenvalue weighted by Gasteiger charge is -2.25. The normalized spacial score (nSPS) is 19.0. The molecule has 2 nitrogen and oxygen atoms in total. The minimum atomic E-state index is 0.442. The molecule has 0 spiro atoms. The molecule has 112 valence electrons. The molecule has 0 amide bonds. The Hall–Kier alpha value is -0.870. The number of fused-ring (bicyclic) bond motifs is 1. The van der Waals surface area contributed by atoms with E-state index in [-0.39, 0.29) is 0 Å². The Morgan fingerprint density at radius 1 is 1.29 bits per heavy atom. The largest absolute Gasteiger partial charge is 0.311 e. The van der Waals surface area contributed by atoms with Crippen molar-refractivity contribution in [2.45, 2.75) is 24.9 Å². The summed E-state index contributed by atoms with van der Waals surface area (Å²) in [6.07, 6.45) is 2.19. The second-order valence-electron chi connectivity index (χ2n) is 5.92. The summed E-state index contributed by atoms with van der Waals surface area (Å²) in [5.74, 6) is 0. The number of likely N-dealkylation sites (N-methyl/N-ethyl adjacent to an activating group) is 1. The first kappa shape index (κ1) is 15.0. The van der Waals surface area contributed by atoms with E-state index in [2.05, 4.69) is 54.0 Å². The highest BCUT2D eigenvalue weighted by Crippen LogP contribution is 2.27. The smallest absolute Gasteiger partial charge is 0.0561 e. The molecule has 1 aliphatic rings. The van der Waals surface area contributed by atoms with Gasteiger partial charge in [0.1, 0.15) is 0 Å². The third-order valence-electron chi connectivity index (χ3n) is 4.20. The van der Waals surface area contributed by atoms with Crippen LogP contribution in [0.5, 0.6) is 0 Å². The zero-order valence-corrected chi connectivity index (χ0v) is 14.0. The van der Waals surface area contributed by atoms with Crippen molar-refractivity contribution in [1.82, 2.24) is 10.2 Å². The molecule has 0 saturated carbocycles. The first-order chi connectivity index (χ1) is 10.1. The molecule has 0 aliphatic heterocycles. The SMILES string of the molecule is CN(C)C(CNC1Cc2ccc(Cl)cc2C1)c1cccs1. The van der Waals surface area contributed by atoms with Gasteiger partial charge in [-0.3, -0.25) is 0 Å². The van der Waals surface area contributed by atoms with Gasteiger partial charge >= 0.3 is 0 Å². The lowest BCUT2D eigenvalue weighted by Crippen LogP contribution is -2.37. The van der Waals surface area contributed by atoms with Crippen LogP contribution in [0.25, 0.3) is 0 Å². The van der Waals surface area contributed by atoms with Gasteiger partial charge < -0.3 is 10.2 Å². The average Bonchev–Trinajstić information content (AvgIpc) is 3.07. The minimum Gasteiger partial charge on any atom is -0.311 e. The monoisotopic (exact) mass is 320 g/mol. The Balaban J connectivity index is 1.61. The number of nitrogens with zero attached hydrogens (tertiary/aromatic N) is 1. The van der Waals surface area contributed by atoms with Crippen LogP contribution in [0.2, 0.25) is 5.02 Å². The topological polar surface area (TPSA) is 15.3 Å². The third-order valence-corrected chi connectivity index (χ3v) is 5.40. The maximum atomic E-state index is 6.08. The van der Waals surface area contributed by atoms with Crippen LogP contribution in [-0.4, -0.2) is 31.6 Å². The highest BCUT2D eigenvalue weighted by molar-refractivity contribution is 7.10. The van der Waals surface area contributed by atoms with E-state index in [1.807, 2.05) is 17.4 Å². The summed E-state index contributed by atoms with van der Waals surface area (Å²) in [5, 5.41) is 6.74. The van der Waals surface area contributed by atoms with Crippen LogP contribution in [0.3, 0.4) is 0 Å². The Kier molecular flexibility index (Phi) is 4.65. The molecule has 4 heteroatoms. The first-order valence-electron chi connectivity index (χ1n) is 7.34. The molecule has 0 radical (unpaired) electrons. The Morgan fingerprint density at radius 3 is 2.81 bits per heavy atom. The Labute approximate surface area is 135 Å². The molecular formula is C17H21ClN2S. The lowest BCUT2D eigenvalue weighted by molar-refractivity contribution is 0.284.